The predicted molar refractivity (Wildman–Crippen MR) is 96.3 cm³/mol. The molecule has 5 heteroatoms. The Labute approximate surface area is 147 Å². The highest BCUT2D eigenvalue weighted by molar-refractivity contribution is 5.76. The molecule has 5 nitrogen and oxygen atoms in total. The topological polar surface area (TPSA) is 54.0 Å². The highest BCUT2D eigenvalue weighted by Crippen LogP contribution is 2.29. The summed E-state index contributed by atoms with van der Waals surface area (Å²) in [6.07, 6.45) is 3.38. The monoisotopic (exact) mass is 342 g/mol. The zero-order valence-electron chi connectivity index (χ0n) is 14.5. The molecule has 0 radical (unpaired) electrons. The van der Waals surface area contributed by atoms with Crippen molar-refractivity contribution < 1.29 is 23.7 Å². The largest absolute Gasteiger partial charge is 0.493 e. The normalized spacial score (nSPS) is 10.0. The molecule has 0 amide bonds. The minimum atomic E-state index is 0.328. The van der Waals surface area contributed by atoms with Crippen LogP contribution in [0.2, 0.25) is 0 Å². The first-order valence-corrected chi connectivity index (χ1v) is 7.88. The van der Waals surface area contributed by atoms with E-state index in [2.05, 4.69) is 6.58 Å². The first-order valence-electron chi connectivity index (χ1n) is 7.88. The number of ether oxygens (including phenoxy) is 4. The van der Waals surface area contributed by atoms with Crippen LogP contribution >= 0.6 is 0 Å². The van der Waals surface area contributed by atoms with E-state index in [-0.39, 0.29) is 0 Å². The molecule has 0 aliphatic heterocycles. The molecule has 0 fully saturated rings. The Morgan fingerprint density at radius 3 is 2.04 bits per heavy atom. The predicted octanol–water partition coefficient (Wildman–Crippen LogP) is 3.70. The minimum absolute atomic E-state index is 0.328. The zero-order chi connectivity index (χ0) is 18.1. The molecular formula is C20H22O5. The Bertz CT molecular complexity index is 724. The van der Waals surface area contributed by atoms with Crippen molar-refractivity contribution in [2.75, 3.05) is 27.4 Å². The maximum absolute atomic E-state index is 10.8. The number of aldehydes is 1. The SMILES string of the molecule is C=CCc1ccc(OCCOc2ccc(C=O)cc2OC)c(OC)c1. The van der Waals surface area contributed by atoms with Crippen LogP contribution in [0.15, 0.2) is 49.1 Å². The summed E-state index contributed by atoms with van der Waals surface area (Å²) in [5, 5.41) is 0. The summed E-state index contributed by atoms with van der Waals surface area (Å²) in [4.78, 5) is 10.8. The summed E-state index contributed by atoms with van der Waals surface area (Å²) in [6.45, 7) is 4.40. The van der Waals surface area contributed by atoms with Gasteiger partial charge in [-0.05, 0) is 42.3 Å². The van der Waals surface area contributed by atoms with Gasteiger partial charge in [-0.25, -0.2) is 0 Å². The van der Waals surface area contributed by atoms with Crippen molar-refractivity contribution in [3.63, 3.8) is 0 Å². The third-order valence-electron chi connectivity index (χ3n) is 3.53. The van der Waals surface area contributed by atoms with Gasteiger partial charge in [-0.2, -0.15) is 0 Å². The Balaban J connectivity index is 1.93. The molecule has 25 heavy (non-hydrogen) atoms. The maximum atomic E-state index is 10.8. The summed E-state index contributed by atoms with van der Waals surface area (Å²) >= 11 is 0. The summed E-state index contributed by atoms with van der Waals surface area (Å²) < 4.78 is 22.0. The van der Waals surface area contributed by atoms with E-state index < -0.39 is 0 Å². The molecule has 0 aliphatic rings. The van der Waals surface area contributed by atoms with Crippen molar-refractivity contribution in [3.8, 4) is 23.0 Å². The van der Waals surface area contributed by atoms with Gasteiger partial charge in [0.05, 0.1) is 14.2 Å². The lowest BCUT2D eigenvalue weighted by atomic mass is 10.1. The van der Waals surface area contributed by atoms with Gasteiger partial charge in [-0.1, -0.05) is 12.1 Å². The van der Waals surface area contributed by atoms with E-state index in [4.69, 9.17) is 18.9 Å². The van der Waals surface area contributed by atoms with Gasteiger partial charge in [0.2, 0.25) is 0 Å². The first kappa shape index (κ1) is 18.4. The lowest BCUT2D eigenvalue weighted by Gasteiger charge is -2.14. The average Bonchev–Trinajstić information content (AvgIpc) is 2.66. The highest BCUT2D eigenvalue weighted by atomic mass is 16.5. The molecule has 0 bridgehead atoms. The number of allylic oxidation sites excluding steroid dienone is 1. The van der Waals surface area contributed by atoms with Crippen molar-refractivity contribution in [3.05, 3.63) is 60.2 Å². The lowest BCUT2D eigenvalue weighted by Crippen LogP contribution is -2.10. The van der Waals surface area contributed by atoms with Crippen LogP contribution in [0.25, 0.3) is 0 Å². The summed E-state index contributed by atoms with van der Waals surface area (Å²) in [7, 11) is 3.14. The van der Waals surface area contributed by atoms with Gasteiger partial charge in [0, 0.05) is 5.56 Å². The van der Waals surface area contributed by atoms with E-state index in [1.54, 1.807) is 25.3 Å². The molecule has 2 aromatic rings. The number of benzene rings is 2. The van der Waals surface area contributed by atoms with E-state index >= 15 is 0 Å². The Kier molecular flexibility index (Phi) is 6.89. The molecule has 0 N–H and O–H groups in total. The van der Waals surface area contributed by atoms with Crippen LogP contribution in [0.1, 0.15) is 15.9 Å². The molecule has 0 aliphatic carbocycles. The quantitative estimate of drug-likeness (QED) is 0.374. The van der Waals surface area contributed by atoms with E-state index in [1.807, 2.05) is 24.3 Å². The second kappa shape index (κ2) is 9.37. The van der Waals surface area contributed by atoms with Gasteiger partial charge < -0.3 is 18.9 Å². The van der Waals surface area contributed by atoms with E-state index in [0.717, 1.165) is 18.3 Å². The van der Waals surface area contributed by atoms with Crippen molar-refractivity contribution in [2.24, 2.45) is 0 Å². The zero-order valence-corrected chi connectivity index (χ0v) is 14.5. The first-order chi connectivity index (χ1) is 12.2. The maximum Gasteiger partial charge on any atom is 0.161 e. The van der Waals surface area contributed by atoms with Crippen LogP contribution < -0.4 is 18.9 Å². The number of carbonyl (C=O) groups is 1. The smallest absolute Gasteiger partial charge is 0.161 e. The summed E-state index contributed by atoms with van der Waals surface area (Å²) in [5.74, 6) is 2.40. The average molecular weight is 342 g/mol. The third kappa shape index (κ3) is 5.01. The van der Waals surface area contributed by atoms with Crippen LogP contribution in [0.3, 0.4) is 0 Å². The fourth-order valence-corrected chi connectivity index (χ4v) is 2.30. The van der Waals surface area contributed by atoms with Gasteiger partial charge in [-0.15, -0.1) is 6.58 Å². The highest BCUT2D eigenvalue weighted by Gasteiger charge is 2.08. The van der Waals surface area contributed by atoms with Gasteiger partial charge in [0.1, 0.15) is 19.5 Å². The number of hydrogen-bond donors (Lipinski definition) is 0. The van der Waals surface area contributed by atoms with Gasteiger partial charge in [0.25, 0.3) is 0 Å². The second-order valence-electron chi connectivity index (χ2n) is 5.20. The minimum Gasteiger partial charge on any atom is -0.493 e. The third-order valence-corrected chi connectivity index (χ3v) is 3.53. The molecule has 2 rings (SSSR count). The second-order valence-corrected chi connectivity index (χ2v) is 5.20. The van der Waals surface area contributed by atoms with E-state index in [9.17, 15) is 4.79 Å². The molecule has 0 saturated carbocycles. The Morgan fingerprint density at radius 1 is 0.880 bits per heavy atom. The van der Waals surface area contributed by atoms with Gasteiger partial charge in [-0.3, -0.25) is 4.79 Å². The molecule has 0 saturated heterocycles. The number of rotatable bonds is 10. The lowest BCUT2D eigenvalue weighted by molar-refractivity contribution is 0.112. The summed E-state index contributed by atoms with van der Waals surface area (Å²) in [5.41, 5.74) is 1.64. The van der Waals surface area contributed by atoms with Crippen molar-refractivity contribution in [1.29, 1.82) is 0 Å². The number of methoxy groups -OCH3 is 2. The van der Waals surface area contributed by atoms with Crippen LogP contribution in [0.5, 0.6) is 23.0 Å². The fourth-order valence-electron chi connectivity index (χ4n) is 2.30. The van der Waals surface area contributed by atoms with Crippen LogP contribution in [0, 0.1) is 0 Å². The van der Waals surface area contributed by atoms with Gasteiger partial charge >= 0.3 is 0 Å². The molecule has 132 valence electrons. The van der Waals surface area contributed by atoms with Crippen molar-refractivity contribution >= 4 is 6.29 Å². The van der Waals surface area contributed by atoms with E-state index in [0.29, 0.717) is 41.8 Å². The molecule has 0 atom stereocenters. The van der Waals surface area contributed by atoms with Crippen molar-refractivity contribution in [1.82, 2.24) is 0 Å². The number of carbonyl (C=O) groups excluding carboxylic acids is 1. The van der Waals surface area contributed by atoms with E-state index in [1.165, 1.54) is 7.11 Å². The standard InChI is InChI=1S/C20H22O5/c1-4-5-15-6-8-17(19(12-15)22-2)24-10-11-25-18-9-7-16(14-21)13-20(18)23-3/h4,6-9,12-14H,1,5,10-11H2,2-3H3. The van der Waals surface area contributed by atoms with Gasteiger partial charge in [0.15, 0.2) is 23.0 Å². The summed E-state index contributed by atoms with van der Waals surface area (Å²) in [6, 6.07) is 10.8. The van der Waals surface area contributed by atoms with Crippen LogP contribution in [-0.2, 0) is 6.42 Å². The Morgan fingerprint density at radius 2 is 1.48 bits per heavy atom. The van der Waals surface area contributed by atoms with Crippen molar-refractivity contribution in [2.45, 2.75) is 6.42 Å². The molecule has 0 spiro atoms. The molecule has 0 aromatic heterocycles. The molecular weight excluding hydrogens is 320 g/mol. The van der Waals surface area contributed by atoms with Crippen LogP contribution in [-0.4, -0.2) is 33.7 Å². The Hall–Kier alpha value is -2.95. The molecule has 0 unspecified atom stereocenters. The van der Waals surface area contributed by atoms with Crippen LogP contribution in [0.4, 0.5) is 0 Å². The molecule has 2 aromatic carbocycles. The molecule has 0 heterocycles. The number of hydrogen-bond acceptors (Lipinski definition) is 5. The fraction of sp³-hybridized carbons (Fsp3) is 0.250.